The maximum atomic E-state index is 6.09. The summed E-state index contributed by atoms with van der Waals surface area (Å²) in [6, 6.07) is 0.152. The highest BCUT2D eigenvalue weighted by molar-refractivity contribution is 6.32. The molecule has 2 aliphatic heterocycles. The van der Waals surface area contributed by atoms with Gasteiger partial charge >= 0.3 is 0 Å². The van der Waals surface area contributed by atoms with E-state index in [-0.39, 0.29) is 11.9 Å². The van der Waals surface area contributed by atoms with Gasteiger partial charge in [-0.3, -0.25) is 4.99 Å². The van der Waals surface area contributed by atoms with E-state index in [1.807, 2.05) is 6.92 Å². The molecule has 2 bridgehead atoms. The molecule has 0 radical (unpaired) electrons. The predicted molar refractivity (Wildman–Crippen MR) is 88.7 cm³/mol. The van der Waals surface area contributed by atoms with Crippen molar-refractivity contribution in [1.82, 2.24) is 9.97 Å². The van der Waals surface area contributed by atoms with Crippen molar-refractivity contribution in [3.8, 4) is 0 Å². The van der Waals surface area contributed by atoms with Crippen LogP contribution in [0.2, 0.25) is 5.02 Å². The summed E-state index contributed by atoms with van der Waals surface area (Å²) in [5.41, 5.74) is 7.36. The number of hydrogen-bond acceptors (Lipinski definition) is 8. The molecule has 3 heterocycles. The molecule has 0 amide bonds. The van der Waals surface area contributed by atoms with Crippen LogP contribution in [0.4, 0.5) is 11.8 Å². The monoisotopic (exact) mass is 338 g/mol. The minimum Gasteiger partial charge on any atom is -0.478 e. The Morgan fingerprint density at radius 2 is 2.30 bits per heavy atom. The first-order valence-electron chi connectivity index (χ1n) is 7.42. The molecule has 1 saturated heterocycles. The van der Waals surface area contributed by atoms with Crippen LogP contribution in [0.25, 0.3) is 0 Å². The number of anilines is 2. The van der Waals surface area contributed by atoms with Crippen molar-refractivity contribution in [3.63, 3.8) is 0 Å². The van der Waals surface area contributed by atoms with Crippen molar-refractivity contribution in [1.29, 1.82) is 0 Å². The molecule has 8 nitrogen and oxygen atoms in total. The van der Waals surface area contributed by atoms with Gasteiger partial charge in [-0.15, -0.1) is 0 Å². The summed E-state index contributed by atoms with van der Waals surface area (Å²) in [5.74, 6) is 1.22. The van der Waals surface area contributed by atoms with E-state index in [0.717, 1.165) is 12.1 Å². The Kier molecular flexibility index (Phi) is 4.82. The number of allylic oxidation sites excluding steroid dienone is 1. The largest absolute Gasteiger partial charge is 0.478 e. The molecule has 2 aliphatic rings. The number of nitrogens with two attached hydrogens (primary N) is 1. The number of nitrogens with one attached hydrogen (secondary N) is 2. The lowest BCUT2D eigenvalue weighted by Crippen LogP contribution is -2.33. The Hall–Kier alpha value is -2.06. The topological polar surface area (TPSA) is 107 Å². The van der Waals surface area contributed by atoms with Crippen molar-refractivity contribution in [2.45, 2.75) is 19.4 Å². The molecule has 1 aromatic rings. The van der Waals surface area contributed by atoms with Gasteiger partial charge in [0.1, 0.15) is 10.7 Å². The molecule has 0 saturated carbocycles. The molecule has 0 unspecified atom stereocenters. The summed E-state index contributed by atoms with van der Waals surface area (Å²) in [6.07, 6.45) is 2.30. The van der Waals surface area contributed by atoms with E-state index in [1.54, 1.807) is 0 Å². The third kappa shape index (κ3) is 3.83. The SMILES string of the molecule is CC(=NC1COC1)C1=C(N)OCCCNc2nc(ncc2Cl)N1. The lowest BCUT2D eigenvalue weighted by molar-refractivity contribution is 0.0133. The Morgan fingerprint density at radius 1 is 1.48 bits per heavy atom. The van der Waals surface area contributed by atoms with Crippen molar-refractivity contribution >= 4 is 29.1 Å². The highest BCUT2D eigenvalue weighted by Crippen LogP contribution is 2.21. The number of ether oxygens (including phenoxy) is 2. The molecule has 1 aromatic heterocycles. The zero-order valence-corrected chi connectivity index (χ0v) is 13.6. The molecule has 124 valence electrons. The van der Waals surface area contributed by atoms with Gasteiger partial charge in [0.05, 0.1) is 37.8 Å². The Morgan fingerprint density at radius 3 is 3.04 bits per heavy atom. The number of rotatable bonds is 2. The van der Waals surface area contributed by atoms with Gasteiger partial charge in [0.25, 0.3) is 0 Å². The summed E-state index contributed by atoms with van der Waals surface area (Å²) in [5, 5.41) is 6.70. The van der Waals surface area contributed by atoms with Gasteiger partial charge in [-0.1, -0.05) is 11.6 Å². The zero-order valence-electron chi connectivity index (χ0n) is 12.8. The van der Waals surface area contributed by atoms with Crippen molar-refractivity contribution in [3.05, 3.63) is 22.8 Å². The second-order valence-corrected chi connectivity index (χ2v) is 5.70. The molecule has 23 heavy (non-hydrogen) atoms. The summed E-state index contributed by atoms with van der Waals surface area (Å²) in [7, 11) is 0. The smallest absolute Gasteiger partial charge is 0.229 e. The number of aromatic nitrogens is 2. The first-order chi connectivity index (χ1) is 11.1. The molecule has 3 rings (SSSR count). The standard InChI is InChI=1S/C14H19ClN6O2/c1-8(19-9-6-22-7-9)11-12(16)23-4-2-3-17-13-10(15)5-18-14(20-11)21-13/h5,9H,2-4,6-7,16H2,1H3,(H2,17,18,20,21). The second kappa shape index (κ2) is 7.01. The van der Waals surface area contributed by atoms with Gasteiger partial charge in [-0.25, -0.2) is 4.98 Å². The quantitative estimate of drug-likeness (QED) is 0.699. The molecule has 0 aliphatic carbocycles. The second-order valence-electron chi connectivity index (χ2n) is 5.29. The number of nitrogens with zero attached hydrogens (tertiary/aromatic N) is 3. The predicted octanol–water partition coefficient (Wildman–Crippen LogP) is 1.36. The molecule has 4 N–H and O–H groups in total. The molecule has 0 atom stereocenters. The van der Waals surface area contributed by atoms with Gasteiger partial charge in [-0.2, -0.15) is 4.98 Å². The number of halogens is 1. The minimum absolute atomic E-state index is 0.152. The van der Waals surface area contributed by atoms with E-state index in [2.05, 4.69) is 25.6 Å². The van der Waals surface area contributed by atoms with E-state index in [0.29, 0.717) is 48.9 Å². The van der Waals surface area contributed by atoms with Crippen LogP contribution in [0.3, 0.4) is 0 Å². The van der Waals surface area contributed by atoms with E-state index in [1.165, 1.54) is 6.20 Å². The zero-order chi connectivity index (χ0) is 16.2. The van der Waals surface area contributed by atoms with Crippen LogP contribution in [0, 0.1) is 0 Å². The average molecular weight is 339 g/mol. The van der Waals surface area contributed by atoms with E-state index >= 15 is 0 Å². The lowest BCUT2D eigenvalue weighted by Gasteiger charge is -2.23. The number of aliphatic imine (C=N–C) groups is 1. The first-order valence-corrected chi connectivity index (χ1v) is 7.80. The molecular formula is C14H19ClN6O2. The highest BCUT2D eigenvalue weighted by atomic mass is 35.5. The van der Waals surface area contributed by atoms with Gasteiger partial charge in [0, 0.05) is 6.54 Å². The minimum atomic E-state index is 0.152. The maximum Gasteiger partial charge on any atom is 0.229 e. The average Bonchev–Trinajstić information content (AvgIpc) is 2.52. The van der Waals surface area contributed by atoms with Crippen LogP contribution in [0.1, 0.15) is 13.3 Å². The van der Waals surface area contributed by atoms with Gasteiger partial charge in [0.15, 0.2) is 5.82 Å². The Bertz CT molecular complexity index is 644. The highest BCUT2D eigenvalue weighted by Gasteiger charge is 2.20. The molecule has 9 heteroatoms. The van der Waals surface area contributed by atoms with Crippen LogP contribution in [-0.2, 0) is 9.47 Å². The fourth-order valence-electron chi connectivity index (χ4n) is 2.16. The molecular weight excluding hydrogens is 320 g/mol. The Labute approximate surface area is 139 Å². The van der Waals surface area contributed by atoms with Gasteiger partial charge in [0.2, 0.25) is 11.8 Å². The van der Waals surface area contributed by atoms with E-state index in [4.69, 9.17) is 26.8 Å². The Balaban J connectivity index is 1.92. The van der Waals surface area contributed by atoms with E-state index in [9.17, 15) is 0 Å². The summed E-state index contributed by atoms with van der Waals surface area (Å²) in [6.45, 7) is 4.26. The normalized spacial score (nSPS) is 19.8. The third-order valence-electron chi connectivity index (χ3n) is 3.46. The maximum absolute atomic E-state index is 6.09. The number of hydrogen-bond donors (Lipinski definition) is 3. The van der Waals surface area contributed by atoms with Crippen LogP contribution in [0.15, 0.2) is 22.8 Å². The van der Waals surface area contributed by atoms with Crippen LogP contribution < -0.4 is 16.4 Å². The van der Waals surface area contributed by atoms with Gasteiger partial charge < -0.3 is 25.8 Å². The summed E-state index contributed by atoms with van der Waals surface area (Å²) >= 11 is 6.09. The van der Waals surface area contributed by atoms with Crippen molar-refractivity contribution < 1.29 is 9.47 Å². The van der Waals surface area contributed by atoms with Crippen molar-refractivity contribution in [2.75, 3.05) is 37.0 Å². The van der Waals surface area contributed by atoms with E-state index < -0.39 is 0 Å². The molecule has 0 aromatic carbocycles. The first kappa shape index (κ1) is 15.8. The number of fused-ring (bicyclic) bond motifs is 2. The fourth-order valence-corrected chi connectivity index (χ4v) is 2.32. The molecule has 0 spiro atoms. The summed E-state index contributed by atoms with van der Waals surface area (Å²) < 4.78 is 10.7. The molecule has 1 fully saturated rings. The van der Waals surface area contributed by atoms with Gasteiger partial charge in [-0.05, 0) is 13.3 Å². The third-order valence-corrected chi connectivity index (χ3v) is 3.73. The van der Waals surface area contributed by atoms with Crippen LogP contribution >= 0.6 is 11.6 Å². The summed E-state index contributed by atoms with van der Waals surface area (Å²) in [4.78, 5) is 13.1. The van der Waals surface area contributed by atoms with Crippen molar-refractivity contribution in [2.24, 2.45) is 10.7 Å². The fraction of sp³-hybridized carbons (Fsp3) is 0.500. The van der Waals surface area contributed by atoms with Crippen LogP contribution in [-0.4, -0.2) is 48.1 Å². The van der Waals surface area contributed by atoms with Crippen LogP contribution in [0.5, 0.6) is 0 Å². The lowest BCUT2D eigenvalue weighted by atomic mass is 10.2.